The van der Waals surface area contributed by atoms with Gasteiger partial charge in [0.25, 0.3) is 0 Å². The maximum atomic E-state index is 12.3. The summed E-state index contributed by atoms with van der Waals surface area (Å²) in [6.45, 7) is 3.37. The molecule has 1 fully saturated rings. The quantitative estimate of drug-likeness (QED) is 0.839. The van der Waals surface area contributed by atoms with Crippen molar-refractivity contribution in [1.29, 1.82) is 0 Å². The van der Waals surface area contributed by atoms with E-state index in [0.717, 1.165) is 19.3 Å². The van der Waals surface area contributed by atoms with Crippen molar-refractivity contribution in [2.24, 2.45) is 5.92 Å². The van der Waals surface area contributed by atoms with Gasteiger partial charge >= 0.3 is 0 Å². The molecule has 116 valence electrons. The van der Waals surface area contributed by atoms with E-state index in [0.29, 0.717) is 24.4 Å². The van der Waals surface area contributed by atoms with E-state index in [2.05, 4.69) is 0 Å². The van der Waals surface area contributed by atoms with Gasteiger partial charge in [-0.3, -0.25) is 4.79 Å². The van der Waals surface area contributed by atoms with Crippen LogP contribution >= 0.6 is 0 Å². The average Bonchev–Trinajstić information content (AvgIpc) is 2.49. The Bertz CT molecular complexity index is 560. The predicted molar refractivity (Wildman–Crippen MR) is 82.7 cm³/mol. The van der Waals surface area contributed by atoms with E-state index >= 15 is 0 Å². The molecule has 1 aromatic carbocycles. The highest BCUT2D eigenvalue weighted by atomic mass is 32.2. The van der Waals surface area contributed by atoms with Gasteiger partial charge in [-0.1, -0.05) is 25.1 Å². The molecule has 1 heterocycles. The first-order valence-corrected chi connectivity index (χ1v) is 9.23. The predicted octanol–water partition coefficient (Wildman–Crippen LogP) is 2.50. The Hall–Kier alpha value is -1.36. The van der Waals surface area contributed by atoms with Gasteiger partial charge in [0, 0.05) is 19.5 Å². The van der Waals surface area contributed by atoms with E-state index in [1.807, 2.05) is 17.9 Å². The van der Waals surface area contributed by atoms with E-state index in [1.54, 1.807) is 24.3 Å². The van der Waals surface area contributed by atoms with Gasteiger partial charge in [0.05, 0.1) is 10.6 Å². The molecule has 0 N–H and O–H groups in total. The second-order valence-corrected chi connectivity index (χ2v) is 7.70. The molecule has 1 saturated heterocycles. The van der Waals surface area contributed by atoms with Crippen LogP contribution in [0.1, 0.15) is 32.6 Å². The van der Waals surface area contributed by atoms with Crippen LogP contribution in [0.3, 0.4) is 0 Å². The molecule has 1 aliphatic heterocycles. The smallest absolute Gasteiger partial charge is 0.222 e. The zero-order chi connectivity index (χ0) is 15.3. The van der Waals surface area contributed by atoms with Gasteiger partial charge < -0.3 is 4.90 Å². The number of hydrogen-bond acceptors (Lipinski definition) is 3. The van der Waals surface area contributed by atoms with Crippen molar-refractivity contribution in [1.82, 2.24) is 4.90 Å². The van der Waals surface area contributed by atoms with Crippen LogP contribution in [0, 0.1) is 5.92 Å². The summed E-state index contributed by atoms with van der Waals surface area (Å²) in [5.74, 6) is 0.537. The second kappa shape index (κ2) is 7.07. The number of amides is 1. The van der Waals surface area contributed by atoms with Crippen LogP contribution in [-0.4, -0.2) is 38.1 Å². The van der Waals surface area contributed by atoms with Gasteiger partial charge in [-0.05, 0) is 37.3 Å². The first-order chi connectivity index (χ1) is 10.0. The Kier molecular flexibility index (Phi) is 5.39. The minimum absolute atomic E-state index is 0.154. The first-order valence-electron chi connectivity index (χ1n) is 7.58. The molecule has 1 aromatic rings. The Morgan fingerprint density at radius 3 is 2.38 bits per heavy atom. The molecular formula is C16H23NO3S. The summed E-state index contributed by atoms with van der Waals surface area (Å²) >= 11 is 0. The van der Waals surface area contributed by atoms with E-state index < -0.39 is 9.84 Å². The van der Waals surface area contributed by atoms with Crippen molar-refractivity contribution < 1.29 is 13.2 Å². The van der Waals surface area contributed by atoms with Crippen LogP contribution < -0.4 is 0 Å². The van der Waals surface area contributed by atoms with Gasteiger partial charge in [0.1, 0.15) is 0 Å². The summed E-state index contributed by atoms with van der Waals surface area (Å²) in [5, 5.41) is 0. The van der Waals surface area contributed by atoms with Crippen LogP contribution in [0.2, 0.25) is 0 Å². The second-order valence-electron chi connectivity index (χ2n) is 5.67. The monoisotopic (exact) mass is 309 g/mol. The topological polar surface area (TPSA) is 54.5 Å². The Labute approximate surface area is 127 Å². The molecule has 4 nitrogen and oxygen atoms in total. The zero-order valence-corrected chi connectivity index (χ0v) is 13.3. The summed E-state index contributed by atoms with van der Waals surface area (Å²) in [5.41, 5.74) is 0. The fourth-order valence-corrected chi connectivity index (χ4v) is 4.47. The highest BCUT2D eigenvalue weighted by Crippen LogP contribution is 2.23. The van der Waals surface area contributed by atoms with Crippen molar-refractivity contribution in [3.63, 3.8) is 0 Å². The summed E-state index contributed by atoms with van der Waals surface area (Å²) < 4.78 is 24.7. The molecule has 0 aromatic heterocycles. The third-order valence-electron chi connectivity index (χ3n) is 3.99. The standard InChI is InChI=1S/C16H23NO3S/c1-2-6-16(18)17-11-9-14(10-12-17)13-21(19,20)15-7-4-3-5-8-15/h3-5,7-8,14H,2,6,9-13H2,1H3. The van der Waals surface area contributed by atoms with Crippen LogP contribution in [0.15, 0.2) is 35.2 Å². The molecule has 0 radical (unpaired) electrons. The number of piperidine rings is 1. The summed E-state index contributed by atoms with van der Waals surface area (Å²) in [4.78, 5) is 14.1. The van der Waals surface area contributed by atoms with Crippen molar-refractivity contribution in [2.45, 2.75) is 37.5 Å². The fraction of sp³-hybridized carbons (Fsp3) is 0.562. The molecule has 1 aliphatic rings. The summed E-state index contributed by atoms with van der Waals surface area (Å²) in [6, 6.07) is 8.61. The van der Waals surface area contributed by atoms with Gasteiger partial charge in [-0.2, -0.15) is 0 Å². The molecular weight excluding hydrogens is 286 g/mol. The third-order valence-corrected chi connectivity index (χ3v) is 5.89. The molecule has 0 saturated carbocycles. The molecule has 5 heteroatoms. The normalized spacial score (nSPS) is 16.9. The molecule has 0 spiro atoms. The molecule has 21 heavy (non-hydrogen) atoms. The lowest BCUT2D eigenvalue weighted by molar-refractivity contribution is -0.132. The molecule has 0 aliphatic carbocycles. The maximum absolute atomic E-state index is 12.3. The minimum atomic E-state index is -3.21. The molecule has 0 unspecified atom stereocenters. The van der Waals surface area contributed by atoms with Crippen LogP contribution in [0.25, 0.3) is 0 Å². The van der Waals surface area contributed by atoms with E-state index in [4.69, 9.17) is 0 Å². The van der Waals surface area contributed by atoms with Gasteiger partial charge in [0.15, 0.2) is 9.84 Å². The van der Waals surface area contributed by atoms with E-state index in [1.165, 1.54) is 0 Å². The number of nitrogens with zero attached hydrogens (tertiary/aromatic N) is 1. The van der Waals surface area contributed by atoms with Gasteiger partial charge in [-0.15, -0.1) is 0 Å². The number of carbonyl (C=O) groups is 1. The lowest BCUT2D eigenvalue weighted by Gasteiger charge is -2.31. The van der Waals surface area contributed by atoms with Crippen molar-refractivity contribution in [3.8, 4) is 0 Å². The molecule has 0 atom stereocenters. The van der Waals surface area contributed by atoms with Crippen molar-refractivity contribution in [2.75, 3.05) is 18.8 Å². The lowest BCUT2D eigenvalue weighted by Crippen LogP contribution is -2.39. The van der Waals surface area contributed by atoms with E-state index in [9.17, 15) is 13.2 Å². The summed E-state index contributed by atoms with van der Waals surface area (Å²) in [7, 11) is -3.21. The molecule has 2 rings (SSSR count). The average molecular weight is 309 g/mol. The molecule has 1 amide bonds. The Morgan fingerprint density at radius 2 is 1.81 bits per heavy atom. The van der Waals surface area contributed by atoms with Crippen LogP contribution in [0.4, 0.5) is 0 Å². The third kappa shape index (κ3) is 4.30. The number of rotatable bonds is 5. The number of sulfone groups is 1. The van der Waals surface area contributed by atoms with Crippen LogP contribution in [0.5, 0.6) is 0 Å². The van der Waals surface area contributed by atoms with E-state index in [-0.39, 0.29) is 17.6 Å². The highest BCUT2D eigenvalue weighted by Gasteiger charge is 2.26. The Morgan fingerprint density at radius 1 is 1.19 bits per heavy atom. The van der Waals surface area contributed by atoms with Crippen LogP contribution in [-0.2, 0) is 14.6 Å². The van der Waals surface area contributed by atoms with Gasteiger partial charge in [0.2, 0.25) is 5.91 Å². The Balaban J connectivity index is 1.90. The number of hydrogen-bond donors (Lipinski definition) is 0. The number of carbonyl (C=O) groups excluding carboxylic acids is 1. The molecule has 0 bridgehead atoms. The van der Waals surface area contributed by atoms with Gasteiger partial charge in [-0.25, -0.2) is 8.42 Å². The lowest BCUT2D eigenvalue weighted by atomic mass is 9.98. The summed E-state index contributed by atoms with van der Waals surface area (Å²) in [6.07, 6.45) is 3.01. The maximum Gasteiger partial charge on any atom is 0.222 e. The fourth-order valence-electron chi connectivity index (χ4n) is 2.76. The minimum Gasteiger partial charge on any atom is -0.343 e. The SMILES string of the molecule is CCCC(=O)N1CCC(CS(=O)(=O)c2ccccc2)CC1. The number of likely N-dealkylation sites (tertiary alicyclic amines) is 1. The largest absolute Gasteiger partial charge is 0.343 e. The zero-order valence-electron chi connectivity index (χ0n) is 12.5. The highest BCUT2D eigenvalue weighted by molar-refractivity contribution is 7.91. The van der Waals surface area contributed by atoms with Crippen molar-refractivity contribution >= 4 is 15.7 Å². The first kappa shape index (κ1) is 16.0. The number of benzene rings is 1. The van der Waals surface area contributed by atoms with Crippen molar-refractivity contribution in [3.05, 3.63) is 30.3 Å².